The highest BCUT2D eigenvalue weighted by molar-refractivity contribution is 5.41. The number of hydrogen-bond acceptors (Lipinski definition) is 3. The average Bonchev–Trinajstić information content (AvgIpc) is 2.92. The third-order valence-electron chi connectivity index (χ3n) is 4.91. The summed E-state index contributed by atoms with van der Waals surface area (Å²) < 4.78 is 5.90. The van der Waals surface area contributed by atoms with E-state index in [9.17, 15) is 5.11 Å². The molecule has 3 nitrogen and oxygen atoms in total. The van der Waals surface area contributed by atoms with Crippen molar-refractivity contribution in [2.75, 3.05) is 13.2 Å². The maximum Gasteiger partial charge on any atom is 0.119 e. The predicted molar refractivity (Wildman–Crippen MR) is 96.1 cm³/mol. The van der Waals surface area contributed by atoms with Crippen molar-refractivity contribution in [1.82, 2.24) is 0 Å². The topological polar surface area (TPSA) is 55.5 Å². The van der Waals surface area contributed by atoms with E-state index in [-0.39, 0.29) is 6.61 Å². The summed E-state index contributed by atoms with van der Waals surface area (Å²) in [5.41, 5.74) is 8.43. The minimum absolute atomic E-state index is 0.0397. The molecule has 1 aliphatic carbocycles. The summed E-state index contributed by atoms with van der Waals surface area (Å²) in [6, 6.07) is 6.50. The van der Waals surface area contributed by atoms with Crippen LogP contribution in [0.1, 0.15) is 75.8 Å². The van der Waals surface area contributed by atoms with Gasteiger partial charge in [-0.1, -0.05) is 38.7 Å². The van der Waals surface area contributed by atoms with Gasteiger partial charge in [-0.15, -0.1) is 0 Å². The van der Waals surface area contributed by atoms with Gasteiger partial charge in [-0.2, -0.15) is 0 Å². The third-order valence-corrected chi connectivity index (χ3v) is 4.91. The van der Waals surface area contributed by atoms with Gasteiger partial charge >= 0.3 is 0 Å². The zero-order valence-corrected chi connectivity index (χ0v) is 14.8. The van der Waals surface area contributed by atoms with E-state index < -0.39 is 5.54 Å². The van der Waals surface area contributed by atoms with E-state index in [1.54, 1.807) is 0 Å². The van der Waals surface area contributed by atoms with Gasteiger partial charge in [0.05, 0.1) is 13.2 Å². The largest absolute Gasteiger partial charge is 0.494 e. The number of hydrogen-bond donors (Lipinski definition) is 2. The molecule has 0 saturated heterocycles. The first-order chi connectivity index (χ1) is 11.1. The molecule has 0 fully saturated rings. The predicted octanol–water partition coefficient (Wildman–Crippen LogP) is 4.17. The molecule has 0 radical (unpaired) electrons. The summed E-state index contributed by atoms with van der Waals surface area (Å²) in [4.78, 5) is 0. The van der Waals surface area contributed by atoms with Crippen LogP contribution in [0.15, 0.2) is 18.2 Å². The number of ether oxygens (including phenoxy) is 1. The lowest BCUT2D eigenvalue weighted by Crippen LogP contribution is -2.41. The molecule has 0 aliphatic heterocycles. The van der Waals surface area contributed by atoms with Crippen LogP contribution in [0.3, 0.4) is 0 Å². The van der Waals surface area contributed by atoms with Crippen LogP contribution in [0.5, 0.6) is 5.75 Å². The van der Waals surface area contributed by atoms with Crippen molar-refractivity contribution < 1.29 is 9.84 Å². The molecule has 0 amide bonds. The summed E-state index contributed by atoms with van der Waals surface area (Å²) in [5.74, 6) is 1.47. The van der Waals surface area contributed by atoms with Gasteiger partial charge in [0.25, 0.3) is 0 Å². The van der Waals surface area contributed by atoms with Gasteiger partial charge in [-0.25, -0.2) is 0 Å². The van der Waals surface area contributed by atoms with Crippen LogP contribution in [-0.2, 0) is 6.42 Å². The Kier molecular flexibility index (Phi) is 6.91. The monoisotopic (exact) mass is 319 g/mol. The molecule has 0 unspecified atom stereocenters. The third kappa shape index (κ3) is 5.50. The minimum Gasteiger partial charge on any atom is -0.494 e. The van der Waals surface area contributed by atoms with Crippen molar-refractivity contribution in [2.45, 2.75) is 76.7 Å². The fourth-order valence-electron chi connectivity index (χ4n) is 3.51. The number of rotatable bonds is 10. The van der Waals surface area contributed by atoms with Crippen LogP contribution < -0.4 is 10.5 Å². The van der Waals surface area contributed by atoms with Crippen molar-refractivity contribution >= 4 is 0 Å². The SMILES string of the molecule is CCCCCCCOc1ccc2c(c1)CC[C@@H]2C[C@](C)(N)CO. The highest BCUT2D eigenvalue weighted by Crippen LogP contribution is 2.39. The lowest BCUT2D eigenvalue weighted by atomic mass is 9.87. The molecule has 2 rings (SSSR count). The average molecular weight is 319 g/mol. The maximum absolute atomic E-state index is 9.38. The zero-order valence-electron chi connectivity index (χ0n) is 14.8. The van der Waals surface area contributed by atoms with Crippen molar-refractivity contribution in [3.63, 3.8) is 0 Å². The molecule has 0 bridgehead atoms. The van der Waals surface area contributed by atoms with Crippen LogP contribution >= 0.6 is 0 Å². The van der Waals surface area contributed by atoms with Crippen LogP contribution in [0.25, 0.3) is 0 Å². The first-order valence-corrected chi connectivity index (χ1v) is 9.21. The van der Waals surface area contributed by atoms with Gasteiger partial charge < -0.3 is 15.6 Å². The Morgan fingerprint density at radius 1 is 1.26 bits per heavy atom. The number of unbranched alkanes of at least 4 members (excludes halogenated alkanes) is 4. The van der Waals surface area contributed by atoms with E-state index in [1.165, 1.54) is 36.8 Å². The first-order valence-electron chi connectivity index (χ1n) is 9.21. The van der Waals surface area contributed by atoms with Crippen LogP contribution in [0, 0.1) is 0 Å². The normalized spacial score (nSPS) is 19.4. The summed E-state index contributed by atoms with van der Waals surface area (Å²) in [6.45, 7) is 5.03. The molecule has 3 heteroatoms. The molecule has 1 aromatic rings. The molecule has 0 spiro atoms. The fourth-order valence-corrected chi connectivity index (χ4v) is 3.51. The van der Waals surface area contributed by atoms with Gasteiger partial charge in [-0.05, 0) is 61.8 Å². The van der Waals surface area contributed by atoms with E-state index in [0.29, 0.717) is 5.92 Å². The van der Waals surface area contributed by atoms with Gasteiger partial charge in [0, 0.05) is 5.54 Å². The molecule has 0 heterocycles. The van der Waals surface area contributed by atoms with Gasteiger partial charge in [-0.3, -0.25) is 0 Å². The molecular formula is C20H33NO2. The molecule has 23 heavy (non-hydrogen) atoms. The Balaban J connectivity index is 1.84. The lowest BCUT2D eigenvalue weighted by molar-refractivity contribution is 0.192. The van der Waals surface area contributed by atoms with E-state index in [4.69, 9.17) is 10.5 Å². The summed E-state index contributed by atoms with van der Waals surface area (Å²) in [7, 11) is 0. The minimum atomic E-state index is -0.486. The first kappa shape index (κ1) is 18.3. The second-order valence-corrected chi connectivity index (χ2v) is 7.38. The summed E-state index contributed by atoms with van der Waals surface area (Å²) >= 11 is 0. The highest BCUT2D eigenvalue weighted by Gasteiger charge is 2.29. The van der Waals surface area contributed by atoms with Gasteiger partial charge in [0.1, 0.15) is 5.75 Å². The Labute approximate surface area is 141 Å². The zero-order chi connectivity index (χ0) is 16.7. The second-order valence-electron chi connectivity index (χ2n) is 7.38. The molecular weight excluding hydrogens is 286 g/mol. The second kappa shape index (κ2) is 8.70. The van der Waals surface area contributed by atoms with Crippen molar-refractivity contribution in [3.05, 3.63) is 29.3 Å². The summed E-state index contributed by atoms with van der Waals surface area (Å²) in [5, 5.41) is 9.38. The van der Waals surface area contributed by atoms with Crippen molar-refractivity contribution in [3.8, 4) is 5.75 Å². The molecule has 3 N–H and O–H groups in total. The smallest absolute Gasteiger partial charge is 0.119 e. The van der Waals surface area contributed by atoms with Crippen molar-refractivity contribution in [1.29, 1.82) is 0 Å². The Morgan fingerprint density at radius 2 is 2.04 bits per heavy atom. The Morgan fingerprint density at radius 3 is 2.78 bits per heavy atom. The van der Waals surface area contributed by atoms with Crippen LogP contribution in [0.2, 0.25) is 0 Å². The lowest BCUT2D eigenvalue weighted by Gasteiger charge is -2.26. The maximum atomic E-state index is 9.38. The van der Waals surface area contributed by atoms with E-state index in [2.05, 4.69) is 25.1 Å². The summed E-state index contributed by atoms with van der Waals surface area (Å²) in [6.07, 6.45) is 9.39. The number of aliphatic hydroxyl groups excluding tert-OH is 1. The molecule has 0 saturated carbocycles. The van der Waals surface area contributed by atoms with E-state index >= 15 is 0 Å². The Bertz CT molecular complexity index is 485. The number of fused-ring (bicyclic) bond motifs is 1. The molecule has 1 aliphatic rings. The van der Waals surface area contributed by atoms with Crippen molar-refractivity contribution in [2.24, 2.45) is 5.73 Å². The molecule has 130 valence electrons. The molecule has 1 aromatic carbocycles. The van der Waals surface area contributed by atoms with Crippen LogP contribution in [0.4, 0.5) is 0 Å². The number of aryl methyl sites for hydroxylation is 1. The molecule has 2 atom stereocenters. The quantitative estimate of drug-likeness (QED) is 0.637. The Hall–Kier alpha value is -1.06. The fraction of sp³-hybridized carbons (Fsp3) is 0.700. The van der Waals surface area contributed by atoms with E-state index in [0.717, 1.165) is 38.0 Å². The van der Waals surface area contributed by atoms with E-state index in [1.807, 2.05) is 6.92 Å². The number of nitrogens with two attached hydrogens (primary N) is 1. The molecule has 0 aromatic heterocycles. The van der Waals surface area contributed by atoms with Gasteiger partial charge in [0.15, 0.2) is 0 Å². The standard InChI is InChI=1S/C20H33NO2/c1-3-4-5-6-7-12-23-18-10-11-19-16(13-18)8-9-17(19)14-20(2,21)15-22/h10-11,13,17,22H,3-9,12,14-15,21H2,1-2H3/t17-,20+/m1/s1. The van der Waals surface area contributed by atoms with Crippen LogP contribution in [-0.4, -0.2) is 23.9 Å². The number of benzene rings is 1. The number of aliphatic hydroxyl groups is 1. The van der Waals surface area contributed by atoms with Gasteiger partial charge in [0.2, 0.25) is 0 Å². The highest BCUT2D eigenvalue weighted by atomic mass is 16.5.